The number of methoxy groups -OCH3 is 1. The maximum Gasteiger partial charge on any atom is 0.271 e. The Kier molecular flexibility index (Phi) is 6.73. The van der Waals surface area contributed by atoms with E-state index in [9.17, 15) is 9.90 Å². The second-order valence-electron chi connectivity index (χ2n) is 8.13. The zero-order chi connectivity index (χ0) is 24.6. The second kappa shape index (κ2) is 9.57. The molecule has 1 N–H and O–H groups in total. The number of aliphatic imine (C=N–C) groups is 1. The third kappa shape index (κ3) is 4.43. The number of amides is 1. The largest absolute Gasteiger partial charge is 0.504 e. The first kappa shape index (κ1) is 23.9. The smallest absolute Gasteiger partial charge is 0.271 e. The van der Waals surface area contributed by atoms with E-state index >= 15 is 0 Å². The van der Waals surface area contributed by atoms with Crippen molar-refractivity contribution in [2.45, 2.75) is 27.7 Å². The standard InChI is InChI=1S/C27H25ClN2O3S/c1-15-8-6-10-21(17(15)3)29-27-30(22-11-7-9-16(2)18(22)4)26(32)24(34-27)13-19-12-20(28)14-23(33-5)25(19)31/h6-14,31H,1-5H3/b24-13-,29-27?. The van der Waals surface area contributed by atoms with E-state index in [1.807, 2.05) is 64.1 Å². The number of thioether (sulfide) groups is 1. The van der Waals surface area contributed by atoms with Gasteiger partial charge in [-0.3, -0.25) is 9.69 Å². The molecule has 1 aliphatic rings. The van der Waals surface area contributed by atoms with Crippen LogP contribution in [0, 0.1) is 27.7 Å². The number of rotatable bonds is 4. The lowest BCUT2D eigenvalue weighted by Crippen LogP contribution is -2.29. The summed E-state index contributed by atoms with van der Waals surface area (Å²) in [4.78, 5) is 20.6. The van der Waals surface area contributed by atoms with Gasteiger partial charge in [0.1, 0.15) is 0 Å². The van der Waals surface area contributed by atoms with Gasteiger partial charge in [-0.15, -0.1) is 0 Å². The normalized spacial score (nSPS) is 16.1. The third-order valence-electron chi connectivity index (χ3n) is 5.99. The molecule has 0 aromatic heterocycles. The van der Waals surface area contributed by atoms with Crippen molar-refractivity contribution >= 4 is 51.9 Å². The molecule has 3 aromatic carbocycles. The van der Waals surface area contributed by atoms with Crippen LogP contribution in [-0.2, 0) is 4.79 Å². The molecule has 1 fully saturated rings. The molecule has 174 valence electrons. The molecule has 0 saturated carbocycles. The molecule has 0 radical (unpaired) electrons. The van der Waals surface area contributed by atoms with Crippen LogP contribution in [0.3, 0.4) is 0 Å². The number of phenols is 1. The number of amidine groups is 1. The van der Waals surface area contributed by atoms with Crippen LogP contribution in [0.15, 0.2) is 58.4 Å². The Morgan fingerprint density at radius 2 is 1.71 bits per heavy atom. The molecule has 4 rings (SSSR count). The number of hydrogen-bond acceptors (Lipinski definition) is 5. The number of benzene rings is 3. The van der Waals surface area contributed by atoms with Gasteiger partial charge in [0.15, 0.2) is 16.7 Å². The van der Waals surface area contributed by atoms with E-state index in [0.717, 1.165) is 33.6 Å². The molecule has 0 atom stereocenters. The van der Waals surface area contributed by atoms with Gasteiger partial charge in [-0.25, -0.2) is 4.99 Å². The van der Waals surface area contributed by atoms with Gasteiger partial charge in [0.25, 0.3) is 5.91 Å². The number of nitrogens with zero attached hydrogens (tertiary/aromatic N) is 2. The van der Waals surface area contributed by atoms with Crippen molar-refractivity contribution in [2.75, 3.05) is 12.0 Å². The average Bonchev–Trinajstić information content (AvgIpc) is 3.10. The predicted octanol–water partition coefficient (Wildman–Crippen LogP) is 7.10. The highest BCUT2D eigenvalue weighted by Crippen LogP contribution is 2.42. The fourth-order valence-corrected chi connectivity index (χ4v) is 4.89. The monoisotopic (exact) mass is 492 g/mol. The number of carbonyl (C=O) groups is 1. The number of hydrogen-bond donors (Lipinski definition) is 1. The summed E-state index contributed by atoms with van der Waals surface area (Å²) < 4.78 is 5.21. The molecule has 0 unspecified atom stereocenters. The van der Waals surface area contributed by atoms with Crippen molar-refractivity contribution in [3.63, 3.8) is 0 Å². The molecule has 1 heterocycles. The highest BCUT2D eigenvalue weighted by molar-refractivity contribution is 8.19. The van der Waals surface area contributed by atoms with Gasteiger partial charge in [0.2, 0.25) is 0 Å². The fraction of sp³-hybridized carbons (Fsp3) is 0.185. The highest BCUT2D eigenvalue weighted by atomic mass is 35.5. The van der Waals surface area contributed by atoms with Crippen LogP contribution >= 0.6 is 23.4 Å². The molecular formula is C27H25ClN2O3S. The summed E-state index contributed by atoms with van der Waals surface area (Å²) in [5.74, 6) is -0.0578. The van der Waals surface area contributed by atoms with Crippen molar-refractivity contribution in [1.82, 2.24) is 0 Å². The Bertz CT molecular complexity index is 1360. The maximum atomic E-state index is 13.7. The molecule has 7 heteroatoms. The Balaban J connectivity index is 1.89. The topological polar surface area (TPSA) is 62.1 Å². The second-order valence-corrected chi connectivity index (χ2v) is 9.58. The van der Waals surface area contributed by atoms with Crippen LogP contribution in [0.1, 0.15) is 27.8 Å². The first-order chi connectivity index (χ1) is 16.2. The predicted molar refractivity (Wildman–Crippen MR) is 142 cm³/mol. The van der Waals surface area contributed by atoms with E-state index in [4.69, 9.17) is 21.3 Å². The van der Waals surface area contributed by atoms with E-state index < -0.39 is 0 Å². The van der Waals surface area contributed by atoms with Crippen LogP contribution in [0.5, 0.6) is 11.5 Å². The fourth-order valence-electron chi connectivity index (χ4n) is 3.70. The molecule has 34 heavy (non-hydrogen) atoms. The summed E-state index contributed by atoms with van der Waals surface area (Å²) in [6.45, 7) is 8.06. The van der Waals surface area contributed by atoms with Crippen LogP contribution in [0.2, 0.25) is 5.02 Å². The summed E-state index contributed by atoms with van der Waals surface area (Å²) in [5.41, 5.74) is 6.24. The van der Waals surface area contributed by atoms with Gasteiger partial charge >= 0.3 is 0 Å². The zero-order valence-corrected chi connectivity index (χ0v) is 21.2. The maximum absolute atomic E-state index is 13.7. The number of phenolic OH excluding ortho intramolecular Hbond substituents is 1. The number of ether oxygens (including phenoxy) is 1. The lowest BCUT2D eigenvalue weighted by atomic mass is 10.1. The number of aromatic hydroxyl groups is 1. The molecule has 1 saturated heterocycles. The first-order valence-electron chi connectivity index (χ1n) is 10.7. The summed E-state index contributed by atoms with van der Waals surface area (Å²) in [6, 6.07) is 14.9. The summed E-state index contributed by atoms with van der Waals surface area (Å²) in [6.07, 6.45) is 1.63. The lowest BCUT2D eigenvalue weighted by Gasteiger charge is -2.19. The molecule has 1 amide bonds. The van der Waals surface area contributed by atoms with E-state index in [0.29, 0.717) is 20.7 Å². The zero-order valence-electron chi connectivity index (χ0n) is 19.6. The van der Waals surface area contributed by atoms with Crippen molar-refractivity contribution in [2.24, 2.45) is 4.99 Å². The van der Waals surface area contributed by atoms with Crippen molar-refractivity contribution in [3.8, 4) is 11.5 Å². The Morgan fingerprint density at radius 1 is 1.03 bits per heavy atom. The highest BCUT2D eigenvalue weighted by Gasteiger charge is 2.36. The first-order valence-corrected chi connectivity index (χ1v) is 11.9. The number of halogens is 1. The Labute approximate surface area is 208 Å². The number of anilines is 1. The van der Waals surface area contributed by atoms with Crippen molar-refractivity contribution in [1.29, 1.82) is 0 Å². The SMILES string of the molecule is COc1cc(Cl)cc(/C=C2\SC(=Nc3cccc(C)c3C)N(c3cccc(C)c3C)C2=O)c1O. The Morgan fingerprint density at radius 3 is 2.41 bits per heavy atom. The van der Waals surface area contributed by atoms with Gasteiger partial charge in [0.05, 0.1) is 23.4 Å². The van der Waals surface area contributed by atoms with Gasteiger partial charge in [-0.1, -0.05) is 35.9 Å². The summed E-state index contributed by atoms with van der Waals surface area (Å²) >= 11 is 7.47. The quantitative estimate of drug-likeness (QED) is 0.394. The van der Waals surface area contributed by atoms with E-state index in [2.05, 4.69) is 0 Å². The van der Waals surface area contributed by atoms with Crippen LogP contribution in [-0.4, -0.2) is 23.3 Å². The molecule has 1 aliphatic heterocycles. The van der Waals surface area contributed by atoms with Gasteiger partial charge < -0.3 is 9.84 Å². The van der Waals surface area contributed by atoms with Crippen molar-refractivity contribution < 1.29 is 14.6 Å². The number of carbonyl (C=O) groups excluding carboxylic acids is 1. The summed E-state index contributed by atoms with van der Waals surface area (Å²) in [5, 5.41) is 11.5. The lowest BCUT2D eigenvalue weighted by molar-refractivity contribution is -0.113. The van der Waals surface area contributed by atoms with Gasteiger partial charge in [-0.05, 0) is 86.0 Å². The van der Waals surface area contributed by atoms with Crippen molar-refractivity contribution in [3.05, 3.63) is 86.3 Å². The number of aryl methyl sites for hydroxylation is 2. The van der Waals surface area contributed by atoms with Gasteiger partial charge in [-0.2, -0.15) is 0 Å². The van der Waals surface area contributed by atoms with E-state index in [1.165, 1.54) is 24.9 Å². The molecular weight excluding hydrogens is 468 g/mol. The van der Waals surface area contributed by atoms with E-state index in [1.54, 1.807) is 17.0 Å². The third-order valence-corrected chi connectivity index (χ3v) is 7.18. The average molecular weight is 493 g/mol. The van der Waals surface area contributed by atoms with Crippen LogP contribution in [0.4, 0.5) is 11.4 Å². The summed E-state index contributed by atoms with van der Waals surface area (Å²) in [7, 11) is 1.45. The minimum Gasteiger partial charge on any atom is -0.504 e. The van der Waals surface area contributed by atoms with Gasteiger partial charge in [0, 0.05) is 16.7 Å². The molecule has 0 aliphatic carbocycles. The molecule has 3 aromatic rings. The molecule has 5 nitrogen and oxygen atoms in total. The molecule has 0 bridgehead atoms. The molecule has 0 spiro atoms. The van der Waals surface area contributed by atoms with Crippen LogP contribution < -0.4 is 9.64 Å². The van der Waals surface area contributed by atoms with Crippen LogP contribution in [0.25, 0.3) is 6.08 Å². The minimum atomic E-state index is -0.221. The van der Waals surface area contributed by atoms with E-state index in [-0.39, 0.29) is 17.4 Å². The Hall–Kier alpha value is -3.22. The minimum absolute atomic E-state index is 0.0778.